The van der Waals surface area contributed by atoms with E-state index in [1.807, 2.05) is 0 Å². The third-order valence-corrected chi connectivity index (χ3v) is 3.48. The fraction of sp³-hybridized carbons (Fsp3) is 1.00. The van der Waals surface area contributed by atoms with Gasteiger partial charge in [-0.3, -0.25) is 0 Å². The first kappa shape index (κ1) is 15.0. The number of hydrogen-bond acceptors (Lipinski definition) is 1. The lowest BCUT2D eigenvalue weighted by Gasteiger charge is -2.36. The van der Waals surface area contributed by atoms with Gasteiger partial charge in [-0.05, 0) is 24.7 Å². The maximum absolute atomic E-state index is 12.5. The SMILES string of the molecule is CC(CC(C)(C)CCl)C(C)(O)C(F)(F)F. The van der Waals surface area contributed by atoms with Crippen LogP contribution >= 0.6 is 11.6 Å². The molecule has 92 valence electrons. The van der Waals surface area contributed by atoms with E-state index in [2.05, 4.69) is 0 Å². The van der Waals surface area contributed by atoms with Crippen LogP contribution in [0.2, 0.25) is 0 Å². The molecule has 0 aliphatic carbocycles. The molecule has 0 amide bonds. The summed E-state index contributed by atoms with van der Waals surface area (Å²) in [6.45, 7) is 5.76. The zero-order valence-corrected chi connectivity index (χ0v) is 10.2. The van der Waals surface area contributed by atoms with Crippen molar-refractivity contribution >= 4 is 11.6 Å². The topological polar surface area (TPSA) is 20.2 Å². The van der Waals surface area contributed by atoms with Gasteiger partial charge in [-0.15, -0.1) is 11.6 Å². The maximum atomic E-state index is 12.5. The van der Waals surface area contributed by atoms with E-state index in [4.69, 9.17) is 11.6 Å². The van der Waals surface area contributed by atoms with Crippen molar-refractivity contribution < 1.29 is 18.3 Å². The van der Waals surface area contributed by atoms with Crippen molar-refractivity contribution in [1.82, 2.24) is 0 Å². The number of hydrogen-bond donors (Lipinski definition) is 1. The zero-order valence-electron chi connectivity index (χ0n) is 9.45. The Morgan fingerprint density at radius 1 is 1.20 bits per heavy atom. The second-order valence-corrected chi connectivity index (χ2v) is 5.32. The van der Waals surface area contributed by atoms with E-state index in [1.54, 1.807) is 13.8 Å². The van der Waals surface area contributed by atoms with E-state index in [9.17, 15) is 18.3 Å². The number of alkyl halides is 4. The largest absolute Gasteiger partial charge is 0.417 e. The molecule has 0 aromatic carbocycles. The average molecular weight is 247 g/mol. The van der Waals surface area contributed by atoms with Crippen LogP contribution in [-0.4, -0.2) is 22.8 Å². The summed E-state index contributed by atoms with van der Waals surface area (Å²) in [4.78, 5) is 0. The summed E-state index contributed by atoms with van der Waals surface area (Å²) in [5.74, 6) is -0.614. The Hall–Kier alpha value is 0.0400. The highest BCUT2D eigenvalue weighted by Crippen LogP contribution is 2.41. The molecular formula is C10H18ClF3O. The number of rotatable bonds is 4. The molecular weight excluding hydrogens is 229 g/mol. The summed E-state index contributed by atoms with van der Waals surface area (Å²) in [6.07, 6.45) is -4.38. The lowest BCUT2D eigenvalue weighted by atomic mass is 9.77. The molecule has 1 N–H and O–H groups in total. The Kier molecular flexibility index (Phi) is 4.51. The van der Waals surface area contributed by atoms with Gasteiger partial charge in [-0.25, -0.2) is 0 Å². The maximum Gasteiger partial charge on any atom is 0.417 e. The first-order valence-corrected chi connectivity index (χ1v) is 5.32. The van der Waals surface area contributed by atoms with Crippen molar-refractivity contribution in [1.29, 1.82) is 0 Å². The average Bonchev–Trinajstić information content (AvgIpc) is 2.01. The molecule has 15 heavy (non-hydrogen) atoms. The first-order chi connectivity index (χ1) is 6.44. The first-order valence-electron chi connectivity index (χ1n) is 4.79. The van der Waals surface area contributed by atoms with Gasteiger partial charge in [-0.2, -0.15) is 13.2 Å². The number of aliphatic hydroxyl groups is 1. The molecule has 0 heterocycles. The van der Waals surface area contributed by atoms with Crippen LogP contribution in [0.1, 0.15) is 34.1 Å². The molecule has 0 saturated heterocycles. The van der Waals surface area contributed by atoms with Crippen molar-refractivity contribution in [3.63, 3.8) is 0 Å². The Bertz CT molecular complexity index is 211. The van der Waals surface area contributed by atoms with Crippen LogP contribution in [-0.2, 0) is 0 Å². The molecule has 0 saturated carbocycles. The smallest absolute Gasteiger partial charge is 0.380 e. The fourth-order valence-electron chi connectivity index (χ4n) is 1.36. The Labute approximate surface area is 93.6 Å². The van der Waals surface area contributed by atoms with E-state index in [0.717, 1.165) is 6.92 Å². The van der Waals surface area contributed by atoms with Gasteiger partial charge in [0, 0.05) is 5.88 Å². The molecule has 0 spiro atoms. The molecule has 0 rings (SSSR count). The quantitative estimate of drug-likeness (QED) is 0.752. The van der Waals surface area contributed by atoms with Gasteiger partial charge in [0.25, 0.3) is 0 Å². The lowest BCUT2D eigenvalue weighted by molar-refractivity contribution is -0.272. The summed E-state index contributed by atoms with van der Waals surface area (Å²) in [6, 6.07) is 0. The minimum Gasteiger partial charge on any atom is -0.380 e. The summed E-state index contributed by atoms with van der Waals surface area (Å²) >= 11 is 5.64. The molecule has 0 fully saturated rings. The zero-order chi connectivity index (χ0) is 12.5. The van der Waals surface area contributed by atoms with Crippen LogP contribution in [0.4, 0.5) is 13.2 Å². The van der Waals surface area contributed by atoms with E-state index in [0.29, 0.717) is 0 Å². The lowest BCUT2D eigenvalue weighted by Crippen LogP contribution is -2.48. The second-order valence-electron chi connectivity index (χ2n) is 5.05. The van der Waals surface area contributed by atoms with Crippen molar-refractivity contribution in [3.8, 4) is 0 Å². The van der Waals surface area contributed by atoms with Gasteiger partial charge in [-0.1, -0.05) is 20.8 Å². The molecule has 0 aliphatic heterocycles. The van der Waals surface area contributed by atoms with Crippen LogP contribution < -0.4 is 0 Å². The van der Waals surface area contributed by atoms with E-state index in [1.165, 1.54) is 6.92 Å². The predicted octanol–water partition coefficient (Wildman–Crippen LogP) is 3.59. The minimum absolute atomic E-state index is 0.225. The molecule has 0 bridgehead atoms. The summed E-state index contributed by atoms with van der Waals surface area (Å²) in [7, 11) is 0. The normalized spacial score (nSPS) is 19.8. The highest BCUT2D eigenvalue weighted by atomic mass is 35.5. The minimum atomic E-state index is -4.60. The highest BCUT2D eigenvalue weighted by Gasteiger charge is 2.53. The van der Waals surface area contributed by atoms with Gasteiger partial charge in [0.05, 0.1) is 0 Å². The Morgan fingerprint density at radius 3 is 1.87 bits per heavy atom. The molecule has 2 unspecified atom stereocenters. The predicted molar refractivity (Wildman–Crippen MR) is 55.0 cm³/mol. The van der Waals surface area contributed by atoms with Gasteiger partial charge < -0.3 is 5.11 Å². The van der Waals surface area contributed by atoms with E-state index in [-0.39, 0.29) is 12.3 Å². The Balaban J connectivity index is 4.65. The standard InChI is InChI=1S/C10H18ClF3O/c1-7(5-8(2,3)6-11)9(4,15)10(12,13)14/h7,15H,5-6H2,1-4H3. The van der Waals surface area contributed by atoms with Crippen molar-refractivity contribution in [2.45, 2.75) is 45.9 Å². The molecule has 2 atom stereocenters. The molecule has 0 aliphatic rings. The summed E-state index contributed by atoms with van der Waals surface area (Å²) < 4.78 is 37.4. The third-order valence-electron chi connectivity index (χ3n) is 2.75. The Morgan fingerprint density at radius 2 is 1.60 bits per heavy atom. The van der Waals surface area contributed by atoms with Crippen molar-refractivity contribution in [2.24, 2.45) is 11.3 Å². The van der Waals surface area contributed by atoms with Crippen LogP contribution in [0, 0.1) is 11.3 Å². The van der Waals surface area contributed by atoms with Crippen LogP contribution in [0.3, 0.4) is 0 Å². The number of halogens is 4. The fourth-order valence-corrected chi connectivity index (χ4v) is 1.47. The third kappa shape index (κ3) is 3.83. The van der Waals surface area contributed by atoms with Crippen LogP contribution in [0.5, 0.6) is 0 Å². The van der Waals surface area contributed by atoms with Crippen molar-refractivity contribution in [2.75, 3.05) is 5.88 Å². The summed E-state index contributed by atoms with van der Waals surface area (Å²) in [5, 5.41) is 9.41. The molecule has 5 heteroatoms. The monoisotopic (exact) mass is 246 g/mol. The van der Waals surface area contributed by atoms with Gasteiger partial charge in [0.2, 0.25) is 0 Å². The second kappa shape index (κ2) is 4.50. The highest BCUT2D eigenvalue weighted by molar-refractivity contribution is 6.18. The van der Waals surface area contributed by atoms with Crippen molar-refractivity contribution in [3.05, 3.63) is 0 Å². The molecule has 1 nitrogen and oxygen atoms in total. The molecule has 0 radical (unpaired) electrons. The van der Waals surface area contributed by atoms with E-state index >= 15 is 0 Å². The van der Waals surface area contributed by atoms with E-state index < -0.39 is 23.1 Å². The van der Waals surface area contributed by atoms with Crippen LogP contribution in [0.15, 0.2) is 0 Å². The molecule has 0 aromatic rings. The van der Waals surface area contributed by atoms with Gasteiger partial charge >= 0.3 is 6.18 Å². The summed E-state index contributed by atoms with van der Waals surface area (Å²) in [5.41, 5.74) is -3.06. The van der Waals surface area contributed by atoms with Crippen LogP contribution in [0.25, 0.3) is 0 Å². The molecule has 0 aromatic heterocycles. The van der Waals surface area contributed by atoms with Gasteiger partial charge in [0.1, 0.15) is 0 Å². The van der Waals surface area contributed by atoms with Gasteiger partial charge in [0.15, 0.2) is 5.60 Å².